The molecule has 2 aromatic carbocycles. The number of nitrogens with two attached hydrogens (primary N) is 1. The van der Waals surface area contributed by atoms with E-state index in [1.54, 1.807) is 0 Å². The fourth-order valence-corrected chi connectivity index (χ4v) is 2.23. The first kappa shape index (κ1) is 12.4. The summed E-state index contributed by atoms with van der Waals surface area (Å²) in [6.45, 7) is 2.10. The van der Waals surface area contributed by atoms with Crippen LogP contribution in [0.5, 0.6) is 0 Å². The Morgan fingerprint density at radius 2 is 1.78 bits per heavy atom. The van der Waals surface area contributed by atoms with E-state index in [1.807, 2.05) is 48.5 Å². The third-order valence-electron chi connectivity index (χ3n) is 3.00. The number of primary amides is 1. The molecule has 0 aliphatic heterocycles. The minimum atomic E-state index is -0.349. The van der Waals surface area contributed by atoms with Gasteiger partial charge in [0, 0.05) is 0 Å². The van der Waals surface area contributed by atoms with Crippen LogP contribution in [0.4, 0.5) is 0 Å². The summed E-state index contributed by atoms with van der Waals surface area (Å²) in [4.78, 5) is 11.7. The maximum atomic E-state index is 11.7. The van der Waals surface area contributed by atoms with Crippen LogP contribution in [0.1, 0.15) is 29.3 Å². The smallest absolute Gasteiger partial charge is 0.249 e. The summed E-state index contributed by atoms with van der Waals surface area (Å²) < 4.78 is 0. The second kappa shape index (κ2) is 5.50. The van der Waals surface area contributed by atoms with Gasteiger partial charge < -0.3 is 5.73 Å². The maximum absolute atomic E-state index is 11.7. The van der Waals surface area contributed by atoms with Gasteiger partial charge in [0.05, 0.1) is 5.56 Å². The molecule has 0 fully saturated rings. The Hall–Kier alpha value is -2.09. The molecule has 2 nitrogen and oxygen atoms in total. The standard InChI is InChI=1S/C16H17NO/c1-2-7-13-10-6-11-14(15(13)16(17)18)12-8-4-3-5-9-12/h3-6,8-11H,2,7H2,1H3,(H2,17,18). The minimum Gasteiger partial charge on any atom is -0.366 e. The molecule has 18 heavy (non-hydrogen) atoms. The van der Waals surface area contributed by atoms with Gasteiger partial charge in [-0.3, -0.25) is 4.79 Å². The fourth-order valence-electron chi connectivity index (χ4n) is 2.23. The van der Waals surface area contributed by atoms with E-state index in [2.05, 4.69) is 6.92 Å². The van der Waals surface area contributed by atoms with E-state index in [4.69, 9.17) is 5.73 Å². The summed E-state index contributed by atoms with van der Waals surface area (Å²) in [7, 11) is 0. The van der Waals surface area contributed by atoms with E-state index in [9.17, 15) is 4.79 Å². The lowest BCUT2D eigenvalue weighted by Crippen LogP contribution is -2.15. The number of benzene rings is 2. The maximum Gasteiger partial charge on any atom is 0.249 e. The Morgan fingerprint density at radius 3 is 2.39 bits per heavy atom. The summed E-state index contributed by atoms with van der Waals surface area (Å²) in [5.74, 6) is -0.349. The Labute approximate surface area is 107 Å². The van der Waals surface area contributed by atoms with Crippen molar-refractivity contribution in [3.63, 3.8) is 0 Å². The van der Waals surface area contributed by atoms with Crippen LogP contribution < -0.4 is 5.73 Å². The molecule has 2 heteroatoms. The molecule has 1 amide bonds. The number of aryl methyl sites for hydroxylation is 1. The first-order valence-electron chi connectivity index (χ1n) is 6.21. The molecule has 0 heterocycles. The van der Waals surface area contributed by atoms with E-state index in [0.717, 1.165) is 29.5 Å². The molecule has 0 radical (unpaired) electrons. The van der Waals surface area contributed by atoms with E-state index in [0.29, 0.717) is 5.56 Å². The lowest BCUT2D eigenvalue weighted by molar-refractivity contribution is 0.1000. The number of hydrogen-bond acceptors (Lipinski definition) is 1. The van der Waals surface area contributed by atoms with Crippen LogP contribution in [-0.4, -0.2) is 5.91 Å². The average Bonchev–Trinajstić information content (AvgIpc) is 2.39. The van der Waals surface area contributed by atoms with Crippen molar-refractivity contribution in [2.75, 3.05) is 0 Å². The fraction of sp³-hybridized carbons (Fsp3) is 0.188. The molecule has 0 bridgehead atoms. The van der Waals surface area contributed by atoms with Crippen LogP contribution in [0.2, 0.25) is 0 Å². The van der Waals surface area contributed by atoms with Crippen molar-refractivity contribution >= 4 is 5.91 Å². The van der Waals surface area contributed by atoms with Crippen molar-refractivity contribution < 1.29 is 4.79 Å². The lowest BCUT2D eigenvalue weighted by atomic mass is 9.93. The second-order valence-electron chi connectivity index (χ2n) is 4.32. The molecule has 2 aromatic rings. The summed E-state index contributed by atoms with van der Waals surface area (Å²) in [5, 5.41) is 0. The Morgan fingerprint density at radius 1 is 1.06 bits per heavy atom. The van der Waals surface area contributed by atoms with Gasteiger partial charge in [-0.15, -0.1) is 0 Å². The summed E-state index contributed by atoms with van der Waals surface area (Å²) in [6, 6.07) is 15.8. The Kier molecular flexibility index (Phi) is 3.78. The zero-order valence-electron chi connectivity index (χ0n) is 10.5. The minimum absolute atomic E-state index is 0.349. The molecule has 2 rings (SSSR count). The van der Waals surface area contributed by atoms with Gasteiger partial charge in [0.25, 0.3) is 0 Å². The van der Waals surface area contributed by atoms with E-state index in [1.165, 1.54) is 0 Å². The first-order valence-corrected chi connectivity index (χ1v) is 6.21. The van der Waals surface area contributed by atoms with Crippen molar-refractivity contribution in [1.29, 1.82) is 0 Å². The van der Waals surface area contributed by atoms with Crippen molar-refractivity contribution in [2.24, 2.45) is 5.73 Å². The van der Waals surface area contributed by atoms with Crippen LogP contribution >= 0.6 is 0 Å². The topological polar surface area (TPSA) is 43.1 Å². The molecule has 0 atom stereocenters. The quantitative estimate of drug-likeness (QED) is 0.873. The molecule has 0 aromatic heterocycles. The summed E-state index contributed by atoms with van der Waals surface area (Å²) in [6.07, 6.45) is 1.87. The van der Waals surface area contributed by atoms with Gasteiger partial charge in [0.15, 0.2) is 0 Å². The van der Waals surface area contributed by atoms with E-state index >= 15 is 0 Å². The van der Waals surface area contributed by atoms with E-state index < -0.39 is 0 Å². The number of hydrogen-bond donors (Lipinski definition) is 1. The molecular weight excluding hydrogens is 222 g/mol. The van der Waals surface area contributed by atoms with Crippen molar-refractivity contribution in [1.82, 2.24) is 0 Å². The number of rotatable bonds is 4. The highest BCUT2D eigenvalue weighted by molar-refractivity contribution is 6.01. The molecule has 0 spiro atoms. The van der Waals surface area contributed by atoms with Gasteiger partial charge in [-0.1, -0.05) is 61.9 Å². The van der Waals surface area contributed by atoms with E-state index in [-0.39, 0.29) is 5.91 Å². The SMILES string of the molecule is CCCc1cccc(-c2ccccc2)c1C(N)=O. The van der Waals surface area contributed by atoms with Crippen LogP contribution in [0.25, 0.3) is 11.1 Å². The van der Waals surface area contributed by atoms with Crippen LogP contribution in [0.15, 0.2) is 48.5 Å². The summed E-state index contributed by atoms with van der Waals surface area (Å²) in [5.41, 5.74) is 9.19. The number of amides is 1. The van der Waals surface area contributed by atoms with Gasteiger partial charge in [-0.25, -0.2) is 0 Å². The highest BCUT2D eigenvalue weighted by atomic mass is 16.1. The van der Waals surface area contributed by atoms with Crippen LogP contribution in [0, 0.1) is 0 Å². The Bertz CT molecular complexity index is 546. The number of carbonyl (C=O) groups is 1. The lowest BCUT2D eigenvalue weighted by Gasteiger charge is -2.12. The van der Waals surface area contributed by atoms with Gasteiger partial charge in [0.2, 0.25) is 5.91 Å². The molecule has 2 N–H and O–H groups in total. The molecule has 92 valence electrons. The Balaban J connectivity index is 2.60. The largest absolute Gasteiger partial charge is 0.366 e. The van der Waals surface area contributed by atoms with Gasteiger partial charge >= 0.3 is 0 Å². The predicted molar refractivity (Wildman–Crippen MR) is 74.4 cm³/mol. The summed E-state index contributed by atoms with van der Waals surface area (Å²) >= 11 is 0. The van der Waals surface area contributed by atoms with Crippen molar-refractivity contribution in [3.05, 3.63) is 59.7 Å². The first-order chi connectivity index (χ1) is 8.74. The zero-order valence-corrected chi connectivity index (χ0v) is 10.5. The third-order valence-corrected chi connectivity index (χ3v) is 3.00. The molecule has 0 aliphatic carbocycles. The molecule has 0 unspecified atom stereocenters. The highest BCUT2D eigenvalue weighted by Crippen LogP contribution is 2.26. The zero-order chi connectivity index (χ0) is 13.0. The number of carbonyl (C=O) groups excluding carboxylic acids is 1. The van der Waals surface area contributed by atoms with Gasteiger partial charge in [-0.2, -0.15) is 0 Å². The van der Waals surface area contributed by atoms with Crippen LogP contribution in [-0.2, 0) is 6.42 Å². The normalized spacial score (nSPS) is 10.3. The van der Waals surface area contributed by atoms with Crippen LogP contribution in [0.3, 0.4) is 0 Å². The molecule has 0 saturated heterocycles. The average molecular weight is 239 g/mol. The third kappa shape index (κ3) is 2.43. The molecule has 0 aliphatic rings. The second-order valence-corrected chi connectivity index (χ2v) is 4.32. The predicted octanol–water partition coefficient (Wildman–Crippen LogP) is 3.41. The molecular formula is C16H17NO. The van der Waals surface area contributed by atoms with Gasteiger partial charge in [0.1, 0.15) is 0 Å². The molecule has 0 saturated carbocycles. The highest BCUT2D eigenvalue weighted by Gasteiger charge is 2.13. The van der Waals surface area contributed by atoms with Gasteiger partial charge in [-0.05, 0) is 23.1 Å². The van der Waals surface area contributed by atoms with Crippen molar-refractivity contribution in [2.45, 2.75) is 19.8 Å². The monoisotopic (exact) mass is 239 g/mol. The van der Waals surface area contributed by atoms with Crippen molar-refractivity contribution in [3.8, 4) is 11.1 Å².